The molecule has 0 aliphatic carbocycles. The van der Waals surface area contributed by atoms with Gasteiger partial charge in [0.15, 0.2) is 5.96 Å². The standard InChI is InChI=1S/C14H30N4O.HI/c1-3-13(4-2)12-17-14(15)16-6-5-7-18-8-10-19-11-9-18;/h13H,3-12H2,1-2H3,(H3,15,16,17);1H. The molecule has 0 amide bonds. The van der Waals surface area contributed by atoms with Gasteiger partial charge in [0.2, 0.25) is 0 Å². The molecule has 5 nitrogen and oxygen atoms in total. The number of nitrogens with two attached hydrogens (primary N) is 1. The van der Waals surface area contributed by atoms with Crippen molar-refractivity contribution in [3.8, 4) is 0 Å². The normalized spacial score (nSPS) is 17.1. The van der Waals surface area contributed by atoms with Crippen LogP contribution in [0.3, 0.4) is 0 Å². The molecule has 20 heavy (non-hydrogen) atoms. The summed E-state index contributed by atoms with van der Waals surface area (Å²) in [6.07, 6.45) is 3.44. The first-order valence-corrected chi connectivity index (χ1v) is 7.60. The molecule has 3 N–H and O–H groups in total. The molecule has 0 atom stereocenters. The van der Waals surface area contributed by atoms with Gasteiger partial charge in [-0.3, -0.25) is 9.89 Å². The monoisotopic (exact) mass is 398 g/mol. The molecule has 1 fully saturated rings. The molecule has 1 heterocycles. The summed E-state index contributed by atoms with van der Waals surface area (Å²) in [6.45, 7) is 11.1. The molecule has 120 valence electrons. The third kappa shape index (κ3) is 8.97. The van der Waals surface area contributed by atoms with Crippen LogP contribution in [0.4, 0.5) is 0 Å². The van der Waals surface area contributed by atoms with Gasteiger partial charge < -0.3 is 15.8 Å². The summed E-state index contributed by atoms with van der Waals surface area (Å²) in [5.41, 5.74) is 5.86. The van der Waals surface area contributed by atoms with Gasteiger partial charge in [-0.05, 0) is 18.9 Å². The quantitative estimate of drug-likeness (QED) is 0.283. The fourth-order valence-corrected chi connectivity index (χ4v) is 2.17. The Morgan fingerprint density at radius 3 is 2.55 bits per heavy atom. The predicted octanol–water partition coefficient (Wildman–Crippen LogP) is 1.67. The van der Waals surface area contributed by atoms with E-state index in [2.05, 4.69) is 29.1 Å². The van der Waals surface area contributed by atoms with Crippen LogP contribution in [-0.2, 0) is 4.74 Å². The Hall–Kier alpha value is -0.0800. The lowest BCUT2D eigenvalue weighted by Gasteiger charge is -2.26. The molecule has 0 spiro atoms. The minimum Gasteiger partial charge on any atom is -0.379 e. The van der Waals surface area contributed by atoms with Crippen molar-refractivity contribution in [1.29, 1.82) is 0 Å². The molecule has 1 saturated heterocycles. The Labute approximate surface area is 140 Å². The smallest absolute Gasteiger partial charge is 0.188 e. The van der Waals surface area contributed by atoms with Gasteiger partial charge in [-0.2, -0.15) is 0 Å². The number of morpholine rings is 1. The number of hydrogen-bond acceptors (Lipinski definition) is 3. The van der Waals surface area contributed by atoms with Crippen molar-refractivity contribution in [2.45, 2.75) is 33.1 Å². The van der Waals surface area contributed by atoms with Crippen molar-refractivity contribution in [3.05, 3.63) is 0 Å². The number of nitrogens with zero attached hydrogens (tertiary/aromatic N) is 2. The van der Waals surface area contributed by atoms with E-state index in [1.807, 2.05) is 0 Å². The van der Waals surface area contributed by atoms with Gasteiger partial charge in [0.1, 0.15) is 0 Å². The van der Waals surface area contributed by atoms with E-state index in [0.717, 1.165) is 52.4 Å². The topological polar surface area (TPSA) is 62.9 Å². The van der Waals surface area contributed by atoms with Crippen LogP contribution < -0.4 is 11.1 Å². The van der Waals surface area contributed by atoms with Crippen LogP contribution >= 0.6 is 24.0 Å². The lowest BCUT2D eigenvalue weighted by atomic mass is 10.0. The van der Waals surface area contributed by atoms with Crippen LogP contribution in [0, 0.1) is 5.92 Å². The molecule has 0 bridgehead atoms. The van der Waals surface area contributed by atoms with E-state index in [-0.39, 0.29) is 24.0 Å². The van der Waals surface area contributed by atoms with Crippen LogP contribution in [0.1, 0.15) is 33.1 Å². The Morgan fingerprint density at radius 2 is 1.95 bits per heavy atom. The van der Waals surface area contributed by atoms with Gasteiger partial charge >= 0.3 is 0 Å². The number of rotatable bonds is 8. The molecular formula is C14H31IN4O. The first-order chi connectivity index (χ1) is 9.26. The van der Waals surface area contributed by atoms with Crippen LogP contribution in [0.15, 0.2) is 4.99 Å². The highest BCUT2D eigenvalue weighted by molar-refractivity contribution is 14.0. The number of aliphatic imine (C=N–C) groups is 1. The maximum atomic E-state index is 5.86. The van der Waals surface area contributed by atoms with Crippen molar-refractivity contribution in [2.75, 3.05) is 45.9 Å². The first-order valence-electron chi connectivity index (χ1n) is 7.60. The second kappa shape index (κ2) is 12.6. The molecule has 0 saturated carbocycles. The molecule has 6 heteroatoms. The van der Waals surface area contributed by atoms with Crippen molar-refractivity contribution >= 4 is 29.9 Å². The van der Waals surface area contributed by atoms with E-state index in [9.17, 15) is 0 Å². The summed E-state index contributed by atoms with van der Waals surface area (Å²) < 4.78 is 5.32. The molecular weight excluding hydrogens is 367 g/mol. The van der Waals surface area contributed by atoms with Crippen molar-refractivity contribution in [1.82, 2.24) is 10.2 Å². The third-order valence-corrected chi connectivity index (χ3v) is 3.74. The van der Waals surface area contributed by atoms with Gasteiger partial charge in [0.05, 0.1) is 13.2 Å². The van der Waals surface area contributed by atoms with Crippen LogP contribution in [0.5, 0.6) is 0 Å². The van der Waals surface area contributed by atoms with E-state index < -0.39 is 0 Å². The van der Waals surface area contributed by atoms with Crippen molar-refractivity contribution in [3.63, 3.8) is 0 Å². The Balaban J connectivity index is 0.00000361. The summed E-state index contributed by atoms with van der Waals surface area (Å²) in [4.78, 5) is 6.83. The average Bonchev–Trinajstić information content (AvgIpc) is 2.46. The zero-order valence-corrected chi connectivity index (χ0v) is 15.3. The Kier molecular flexibility index (Phi) is 12.6. The van der Waals surface area contributed by atoms with Crippen molar-refractivity contribution in [2.24, 2.45) is 16.6 Å². The predicted molar refractivity (Wildman–Crippen MR) is 95.9 cm³/mol. The second-order valence-corrected chi connectivity index (χ2v) is 5.14. The second-order valence-electron chi connectivity index (χ2n) is 5.14. The van der Waals surface area contributed by atoms with E-state index in [0.29, 0.717) is 11.9 Å². The molecule has 0 aromatic heterocycles. The van der Waals surface area contributed by atoms with E-state index in [4.69, 9.17) is 10.5 Å². The number of hydrogen-bond donors (Lipinski definition) is 2. The van der Waals surface area contributed by atoms with Gasteiger partial charge in [0, 0.05) is 26.2 Å². The molecule has 0 radical (unpaired) electrons. The maximum Gasteiger partial charge on any atom is 0.188 e. The molecule has 0 unspecified atom stereocenters. The van der Waals surface area contributed by atoms with Crippen molar-refractivity contribution < 1.29 is 4.74 Å². The largest absolute Gasteiger partial charge is 0.379 e. The summed E-state index contributed by atoms with van der Waals surface area (Å²) in [7, 11) is 0. The maximum absolute atomic E-state index is 5.86. The molecule has 1 aliphatic rings. The zero-order valence-electron chi connectivity index (χ0n) is 12.9. The minimum atomic E-state index is 0. The number of nitrogens with one attached hydrogen (secondary N) is 1. The van der Waals surface area contributed by atoms with Gasteiger partial charge in [-0.15, -0.1) is 24.0 Å². The van der Waals surface area contributed by atoms with Gasteiger partial charge in [-0.1, -0.05) is 26.7 Å². The minimum absolute atomic E-state index is 0. The van der Waals surface area contributed by atoms with Crippen LogP contribution in [0.25, 0.3) is 0 Å². The Morgan fingerprint density at radius 1 is 1.30 bits per heavy atom. The first kappa shape index (κ1) is 19.9. The van der Waals surface area contributed by atoms with E-state index >= 15 is 0 Å². The summed E-state index contributed by atoms with van der Waals surface area (Å²) >= 11 is 0. The molecule has 1 rings (SSSR count). The highest BCUT2D eigenvalue weighted by atomic mass is 127. The lowest BCUT2D eigenvalue weighted by molar-refractivity contribution is 0.0376. The summed E-state index contributed by atoms with van der Waals surface area (Å²) in [5, 5.41) is 3.20. The SMILES string of the molecule is CCC(CC)CN=C(N)NCCCN1CCOCC1.I. The number of ether oxygens (including phenoxy) is 1. The summed E-state index contributed by atoms with van der Waals surface area (Å²) in [6, 6.07) is 0. The molecule has 1 aliphatic heterocycles. The average molecular weight is 398 g/mol. The van der Waals surface area contributed by atoms with Crippen LogP contribution in [-0.4, -0.2) is 56.8 Å². The molecule has 0 aromatic carbocycles. The summed E-state index contributed by atoms with van der Waals surface area (Å²) in [5.74, 6) is 1.25. The van der Waals surface area contributed by atoms with Gasteiger partial charge in [0.25, 0.3) is 0 Å². The lowest BCUT2D eigenvalue weighted by Crippen LogP contribution is -2.39. The third-order valence-electron chi connectivity index (χ3n) is 3.74. The number of halogens is 1. The van der Waals surface area contributed by atoms with E-state index in [1.165, 1.54) is 12.8 Å². The highest BCUT2D eigenvalue weighted by Gasteiger charge is 2.09. The van der Waals surface area contributed by atoms with Gasteiger partial charge in [-0.25, -0.2) is 0 Å². The van der Waals surface area contributed by atoms with E-state index in [1.54, 1.807) is 0 Å². The fraction of sp³-hybridized carbons (Fsp3) is 0.929. The van der Waals surface area contributed by atoms with Crippen LogP contribution in [0.2, 0.25) is 0 Å². The zero-order chi connectivity index (χ0) is 13.9. The Bertz CT molecular complexity index is 254. The molecule has 0 aromatic rings. The highest BCUT2D eigenvalue weighted by Crippen LogP contribution is 2.06. The fourth-order valence-electron chi connectivity index (χ4n) is 2.17. The number of guanidine groups is 1.